The van der Waals surface area contributed by atoms with Crippen molar-refractivity contribution in [1.29, 1.82) is 0 Å². The van der Waals surface area contributed by atoms with Crippen molar-refractivity contribution < 1.29 is 37.0 Å². The third-order valence-corrected chi connectivity index (χ3v) is 7.05. The fraction of sp³-hybridized carbons (Fsp3) is 0.444. The Bertz CT molecular complexity index is 1190. The van der Waals surface area contributed by atoms with E-state index in [1.807, 2.05) is 12.1 Å². The van der Waals surface area contributed by atoms with Gasteiger partial charge in [0, 0.05) is 24.1 Å². The molecule has 8 nitrogen and oxygen atoms in total. The van der Waals surface area contributed by atoms with E-state index < -0.39 is 30.1 Å². The number of alkyl halides is 3. The summed E-state index contributed by atoms with van der Waals surface area (Å²) in [5.74, 6) is -1.12. The molecule has 2 N–H and O–H groups in total. The van der Waals surface area contributed by atoms with E-state index in [1.165, 1.54) is 16.9 Å². The fourth-order valence-electron chi connectivity index (χ4n) is 5.04. The maximum absolute atomic E-state index is 13.2. The molecule has 204 valence electrons. The number of carbonyl (C=O) groups excluding carboxylic acids is 3. The standard InChI is InChI=1S/C27H30F3N3O5/c1-37-24(34)12-11-21(25(31)35)33-15-20-19(26(33)36)4-2-5-22(20)38-16-18-9-7-17(8-10-18)14-32-13-3-6-23(32)27(28,29)30/h2,4-5,7-10,21,23H,3,6,11-16H2,1H3,(H2,31,35). The van der Waals surface area contributed by atoms with E-state index in [0.29, 0.717) is 29.8 Å². The summed E-state index contributed by atoms with van der Waals surface area (Å²) < 4.78 is 50.3. The molecule has 2 atom stereocenters. The van der Waals surface area contributed by atoms with E-state index in [-0.39, 0.29) is 44.9 Å². The predicted octanol–water partition coefficient (Wildman–Crippen LogP) is 3.56. The first-order valence-corrected chi connectivity index (χ1v) is 12.4. The number of carbonyl (C=O) groups is 3. The summed E-state index contributed by atoms with van der Waals surface area (Å²) in [7, 11) is 1.24. The SMILES string of the molecule is COC(=O)CCC(C(N)=O)N1Cc2c(OCc3ccc(CN4CCCC4C(F)(F)F)cc3)cccc2C1=O. The van der Waals surface area contributed by atoms with E-state index >= 15 is 0 Å². The van der Waals surface area contributed by atoms with Crippen LogP contribution in [0, 0.1) is 0 Å². The zero-order valence-corrected chi connectivity index (χ0v) is 21.0. The molecule has 0 radical (unpaired) electrons. The van der Waals surface area contributed by atoms with Gasteiger partial charge < -0.3 is 20.1 Å². The van der Waals surface area contributed by atoms with Crippen LogP contribution in [-0.4, -0.2) is 59.5 Å². The minimum absolute atomic E-state index is 0.0470. The molecule has 0 aromatic heterocycles. The number of hydrogen-bond acceptors (Lipinski definition) is 6. The maximum atomic E-state index is 13.2. The number of ether oxygens (including phenoxy) is 2. The highest BCUT2D eigenvalue weighted by Gasteiger charge is 2.45. The second-order valence-corrected chi connectivity index (χ2v) is 9.52. The molecule has 2 amide bonds. The van der Waals surface area contributed by atoms with Crippen LogP contribution in [0.5, 0.6) is 5.75 Å². The monoisotopic (exact) mass is 533 g/mol. The molecule has 1 saturated heterocycles. The number of esters is 1. The number of amides is 2. The van der Waals surface area contributed by atoms with Gasteiger partial charge in [0.25, 0.3) is 5.91 Å². The van der Waals surface area contributed by atoms with Gasteiger partial charge in [0.05, 0.1) is 13.7 Å². The van der Waals surface area contributed by atoms with Crippen molar-refractivity contribution in [2.45, 2.75) is 63.6 Å². The number of likely N-dealkylation sites (tertiary alicyclic amines) is 1. The van der Waals surface area contributed by atoms with Crippen LogP contribution in [0.3, 0.4) is 0 Å². The van der Waals surface area contributed by atoms with E-state index in [9.17, 15) is 27.6 Å². The zero-order valence-electron chi connectivity index (χ0n) is 21.0. The molecule has 2 aliphatic rings. The number of hydrogen-bond donors (Lipinski definition) is 1. The molecule has 4 rings (SSSR count). The van der Waals surface area contributed by atoms with Crippen molar-refractivity contribution in [3.05, 3.63) is 64.7 Å². The fourth-order valence-corrected chi connectivity index (χ4v) is 5.04. The van der Waals surface area contributed by atoms with Crippen molar-refractivity contribution in [3.63, 3.8) is 0 Å². The minimum Gasteiger partial charge on any atom is -0.489 e. The largest absolute Gasteiger partial charge is 0.489 e. The van der Waals surface area contributed by atoms with Gasteiger partial charge in [-0.25, -0.2) is 0 Å². The van der Waals surface area contributed by atoms with E-state index in [1.54, 1.807) is 30.3 Å². The van der Waals surface area contributed by atoms with E-state index in [0.717, 1.165) is 11.1 Å². The molecule has 38 heavy (non-hydrogen) atoms. The molecule has 0 saturated carbocycles. The van der Waals surface area contributed by atoms with Gasteiger partial charge in [-0.1, -0.05) is 30.3 Å². The van der Waals surface area contributed by atoms with Gasteiger partial charge in [-0.2, -0.15) is 13.2 Å². The molecule has 2 unspecified atom stereocenters. The number of halogens is 3. The van der Waals surface area contributed by atoms with Crippen molar-refractivity contribution in [2.24, 2.45) is 5.73 Å². The van der Waals surface area contributed by atoms with Crippen molar-refractivity contribution >= 4 is 17.8 Å². The Hall–Kier alpha value is -3.60. The molecular weight excluding hydrogens is 503 g/mol. The summed E-state index contributed by atoms with van der Waals surface area (Å²) in [5.41, 5.74) is 8.15. The highest BCUT2D eigenvalue weighted by molar-refractivity contribution is 6.01. The van der Waals surface area contributed by atoms with Crippen LogP contribution < -0.4 is 10.5 Å². The Morgan fingerprint density at radius 1 is 1.13 bits per heavy atom. The third kappa shape index (κ3) is 6.09. The summed E-state index contributed by atoms with van der Waals surface area (Å²) in [6.45, 7) is 0.936. The highest BCUT2D eigenvalue weighted by atomic mass is 19.4. The molecule has 2 aromatic rings. The first-order chi connectivity index (χ1) is 18.1. The zero-order chi connectivity index (χ0) is 27.4. The second-order valence-electron chi connectivity index (χ2n) is 9.52. The Morgan fingerprint density at radius 3 is 2.50 bits per heavy atom. The average Bonchev–Trinajstić information content (AvgIpc) is 3.48. The van der Waals surface area contributed by atoms with Gasteiger partial charge in [-0.15, -0.1) is 0 Å². The molecule has 2 aliphatic heterocycles. The van der Waals surface area contributed by atoms with Crippen LogP contribution in [0.1, 0.15) is 52.7 Å². The van der Waals surface area contributed by atoms with Crippen LogP contribution in [0.25, 0.3) is 0 Å². The smallest absolute Gasteiger partial charge is 0.404 e. The van der Waals surface area contributed by atoms with Gasteiger partial charge in [-0.3, -0.25) is 19.3 Å². The van der Waals surface area contributed by atoms with Gasteiger partial charge in [0.2, 0.25) is 5.91 Å². The number of fused-ring (bicyclic) bond motifs is 1. The second kappa shape index (κ2) is 11.4. The molecule has 2 heterocycles. The average molecular weight is 534 g/mol. The van der Waals surface area contributed by atoms with Crippen LogP contribution in [-0.2, 0) is 34.0 Å². The number of benzene rings is 2. The highest BCUT2D eigenvalue weighted by Crippen LogP contribution is 2.35. The van der Waals surface area contributed by atoms with Crippen LogP contribution in [0.15, 0.2) is 42.5 Å². The van der Waals surface area contributed by atoms with E-state index in [2.05, 4.69) is 4.74 Å². The Labute approximate surface area is 218 Å². The van der Waals surface area contributed by atoms with Gasteiger partial charge in [0.15, 0.2) is 0 Å². The molecular formula is C27H30F3N3O5. The molecule has 11 heteroatoms. The number of primary amides is 1. The minimum atomic E-state index is -4.23. The lowest BCUT2D eigenvalue weighted by Gasteiger charge is -2.26. The Kier molecular flexibility index (Phi) is 8.25. The van der Waals surface area contributed by atoms with Crippen LogP contribution >= 0.6 is 0 Å². The number of nitrogens with zero attached hydrogens (tertiary/aromatic N) is 2. The first-order valence-electron chi connectivity index (χ1n) is 12.4. The molecule has 2 aromatic carbocycles. The van der Waals surface area contributed by atoms with Crippen molar-refractivity contribution in [1.82, 2.24) is 9.80 Å². The van der Waals surface area contributed by atoms with Crippen molar-refractivity contribution in [3.8, 4) is 5.75 Å². The predicted molar refractivity (Wildman–Crippen MR) is 131 cm³/mol. The summed E-state index contributed by atoms with van der Waals surface area (Å²) in [6.07, 6.45) is -3.58. The topological polar surface area (TPSA) is 102 Å². The number of methoxy groups -OCH3 is 1. The van der Waals surface area contributed by atoms with Gasteiger partial charge >= 0.3 is 12.1 Å². The summed E-state index contributed by atoms with van der Waals surface area (Å²) in [5, 5.41) is 0. The van der Waals surface area contributed by atoms with Crippen LogP contribution in [0.4, 0.5) is 13.2 Å². The quantitative estimate of drug-likeness (QED) is 0.469. The number of rotatable bonds is 10. The summed E-state index contributed by atoms with van der Waals surface area (Å²) in [4.78, 5) is 39.4. The lowest BCUT2D eigenvalue weighted by atomic mass is 10.1. The molecule has 1 fully saturated rings. The molecule has 0 spiro atoms. The summed E-state index contributed by atoms with van der Waals surface area (Å²) in [6, 6.07) is 9.89. The van der Waals surface area contributed by atoms with Crippen LogP contribution in [0.2, 0.25) is 0 Å². The lowest BCUT2D eigenvalue weighted by Crippen LogP contribution is -2.45. The summed E-state index contributed by atoms with van der Waals surface area (Å²) >= 11 is 0. The first kappa shape index (κ1) is 27.4. The van der Waals surface area contributed by atoms with Gasteiger partial charge in [0.1, 0.15) is 24.4 Å². The number of nitrogens with two attached hydrogens (primary N) is 1. The lowest BCUT2D eigenvalue weighted by molar-refractivity contribution is -0.177. The third-order valence-electron chi connectivity index (χ3n) is 7.05. The van der Waals surface area contributed by atoms with Crippen molar-refractivity contribution in [2.75, 3.05) is 13.7 Å². The Balaban J connectivity index is 1.40. The normalized spacial score (nSPS) is 18.4. The Morgan fingerprint density at radius 2 is 1.84 bits per heavy atom. The maximum Gasteiger partial charge on any atom is 0.404 e. The molecule has 0 aliphatic carbocycles. The van der Waals surface area contributed by atoms with Gasteiger partial charge in [-0.05, 0) is 49.1 Å². The molecule has 0 bridgehead atoms. The van der Waals surface area contributed by atoms with E-state index in [4.69, 9.17) is 10.5 Å².